The topological polar surface area (TPSA) is 66.7 Å². The number of nitrogens with zero attached hydrogens (tertiary/aromatic N) is 1. The zero-order valence-corrected chi connectivity index (χ0v) is 14.7. The highest BCUT2D eigenvalue weighted by atomic mass is 16.5. The fraction of sp³-hybridized carbons (Fsp3) is 0.400. The van der Waals surface area contributed by atoms with E-state index >= 15 is 0 Å². The van der Waals surface area contributed by atoms with Crippen molar-refractivity contribution in [3.8, 4) is 0 Å². The highest BCUT2D eigenvalue weighted by Crippen LogP contribution is 2.14. The third kappa shape index (κ3) is 6.44. The number of carboxylic acids is 1. The summed E-state index contributed by atoms with van der Waals surface area (Å²) in [5.41, 5.74) is 3.69. The van der Waals surface area contributed by atoms with E-state index in [1.54, 1.807) is 0 Å². The van der Waals surface area contributed by atoms with Crippen molar-refractivity contribution in [1.82, 2.24) is 4.98 Å². The van der Waals surface area contributed by atoms with Gasteiger partial charge in [-0.3, -0.25) is 4.79 Å². The molecule has 0 atom stereocenters. The molecule has 0 aliphatic carbocycles. The largest absolute Gasteiger partial charge is 0.481 e. The van der Waals surface area contributed by atoms with Gasteiger partial charge >= 0.3 is 5.97 Å². The fourth-order valence-electron chi connectivity index (χ4n) is 2.58. The van der Waals surface area contributed by atoms with Crippen molar-refractivity contribution in [2.75, 3.05) is 13.2 Å². The van der Waals surface area contributed by atoms with Gasteiger partial charge in [-0.25, -0.2) is 6.57 Å². The van der Waals surface area contributed by atoms with Crippen molar-refractivity contribution in [3.63, 3.8) is 0 Å². The number of H-pyrrole nitrogens is 1. The summed E-state index contributed by atoms with van der Waals surface area (Å²) in [5.74, 6) is -0.834. The molecule has 0 fully saturated rings. The van der Waals surface area contributed by atoms with Crippen molar-refractivity contribution in [2.45, 2.75) is 38.7 Å². The molecule has 0 bridgehead atoms. The van der Waals surface area contributed by atoms with Crippen LogP contribution in [0.15, 0.2) is 36.4 Å². The number of carboxylic acid groups (broad SMARTS) is 1. The smallest absolute Gasteiger partial charge is 0.309 e. The zero-order valence-electron chi connectivity index (χ0n) is 14.7. The van der Waals surface area contributed by atoms with Crippen molar-refractivity contribution in [3.05, 3.63) is 70.3 Å². The van der Waals surface area contributed by atoms with Crippen LogP contribution >= 0.6 is 0 Å². The Bertz CT molecular complexity index is 739. The van der Waals surface area contributed by atoms with E-state index in [0.29, 0.717) is 13.2 Å². The third-order valence-electron chi connectivity index (χ3n) is 3.91. The van der Waals surface area contributed by atoms with Gasteiger partial charge in [-0.05, 0) is 43.5 Å². The molecule has 0 spiro atoms. The molecule has 2 aromatic rings. The van der Waals surface area contributed by atoms with Crippen LogP contribution in [-0.4, -0.2) is 34.8 Å². The molecule has 0 amide bonds. The first-order valence-electron chi connectivity index (χ1n) is 8.31. The van der Waals surface area contributed by atoms with E-state index in [0.717, 1.165) is 24.2 Å². The summed E-state index contributed by atoms with van der Waals surface area (Å²) >= 11 is 0. The van der Waals surface area contributed by atoms with Gasteiger partial charge in [0, 0.05) is 17.8 Å². The first-order chi connectivity index (χ1) is 11.9. The number of aromatic amines is 1. The number of carbonyl (C=O) groups is 1. The number of hydrogen-bond donors (Lipinski definition) is 2. The maximum absolute atomic E-state index is 10.7. The van der Waals surface area contributed by atoms with E-state index in [2.05, 4.69) is 34.1 Å². The van der Waals surface area contributed by atoms with Gasteiger partial charge in [0.25, 0.3) is 0 Å². The van der Waals surface area contributed by atoms with E-state index in [9.17, 15) is 4.79 Å². The van der Waals surface area contributed by atoms with E-state index < -0.39 is 11.6 Å². The molecule has 0 unspecified atom stereocenters. The number of ether oxygens (including phenoxy) is 1. The Kier molecular flexibility index (Phi) is 6.37. The highest BCUT2D eigenvalue weighted by Gasteiger charge is 2.21. The molecule has 132 valence electrons. The normalized spacial score (nSPS) is 11.2. The van der Waals surface area contributed by atoms with E-state index in [4.69, 9.17) is 16.4 Å². The lowest BCUT2D eigenvalue weighted by Crippen LogP contribution is -2.28. The predicted octanol–water partition coefficient (Wildman–Crippen LogP) is 3.49. The van der Waals surface area contributed by atoms with Crippen molar-refractivity contribution in [2.24, 2.45) is 0 Å². The Morgan fingerprint density at radius 1 is 1.16 bits per heavy atom. The van der Waals surface area contributed by atoms with Crippen LogP contribution in [0.25, 0.3) is 4.85 Å². The number of aliphatic carboxylic acids is 1. The first kappa shape index (κ1) is 18.8. The maximum atomic E-state index is 10.7. The van der Waals surface area contributed by atoms with Crippen molar-refractivity contribution in [1.29, 1.82) is 0 Å². The van der Waals surface area contributed by atoms with Gasteiger partial charge in [0.1, 0.15) is 5.60 Å². The minimum atomic E-state index is -0.834. The fourth-order valence-corrected chi connectivity index (χ4v) is 2.58. The van der Waals surface area contributed by atoms with Gasteiger partial charge in [-0.2, -0.15) is 0 Å². The van der Waals surface area contributed by atoms with Gasteiger partial charge in [0.05, 0.1) is 13.0 Å². The molecule has 0 radical (unpaired) electrons. The standard InChI is InChI=1S/C20H24N2O3/c1-20(2,14-21-3)25-11-10-15-4-6-16(7-5-15)12-17-8-9-18(22-17)13-19(23)24/h4-9,22H,10-14H2,1-2H3,(H,23,24). The Morgan fingerprint density at radius 2 is 1.80 bits per heavy atom. The summed E-state index contributed by atoms with van der Waals surface area (Å²) in [4.78, 5) is 17.3. The second kappa shape index (κ2) is 8.50. The third-order valence-corrected chi connectivity index (χ3v) is 3.91. The van der Waals surface area contributed by atoms with Crippen LogP contribution in [0.3, 0.4) is 0 Å². The minimum absolute atomic E-state index is 0.0167. The van der Waals surface area contributed by atoms with Crippen LogP contribution in [0, 0.1) is 6.57 Å². The quantitative estimate of drug-likeness (QED) is 0.687. The van der Waals surface area contributed by atoms with Crippen molar-refractivity contribution >= 4 is 5.97 Å². The summed E-state index contributed by atoms with van der Waals surface area (Å²) in [6, 6.07) is 12.1. The number of benzene rings is 1. The molecule has 1 aromatic heterocycles. The second-order valence-corrected chi connectivity index (χ2v) is 6.75. The second-order valence-electron chi connectivity index (χ2n) is 6.75. The molecule has 1 heterocycles. The van der Waals surface area contributed by atoms with E-state index in [1.807, 2.05) is 26.0 Å². The lowest BCUT2D eigenvalue weighted by molar-refractivity contribution is -0.136. The molecule has 5 heteroatoms. The molecule has 1 aromatic carbocycles. The van der Waals surface area contributed by atoms with E-state index in [1.165, 1.54) is 11.1 Å². The van der Waals surface area contributed by atoms with Gasteiger partial charge in [0.2, 0.25) is 6.54 Å². The molecule has 2 rings (SSSR count). The van der Waals surface area contributed by atoms with Gasteiger partial charge in [0.15, 0.2) is 0 Å². The molecule has 25 heavy (non-hydrogen) atoms. The number of aromatic nitrogens is 1. The van der Waals surface area contributed by atoms with E-state index in [-0.39, 0.29) is 6.42 Å². The van der Waals surface area contributed by atoms with Crippen LogP contribution in [0.2, 0.25) is 0 Å². The van der Waals surface area contributed by atoms with Crippen molar-refractivity contribution < 1.29 is 14.6 Å². The van der Waals surface area contributed by atoms with Crippen LogP contribution in [0.5, 0.6) is 0 Å². The van der Waals surface area contributed by atoms with Gasteiger partial charge < -0.3 is 19.7 Å². The number of nitrogens with one attached hydrogen (secondary N) is 1. The summed E-state index contributed by atoms with van der Waals surface area (Å²) in [5, 5.41) is 8.80. The molecular weight excluding hydrogens is 316 g/mol. The minimum Gasteiger partial charge on any atom is -0.481 e. The number of hydrogen-bond acceptors (Lipinski definition) is 2. The highest BCUT2D eigenvalue weighted by molar-refractivity contribution is 5.69. The molecule has 5 nitrogen and oxygen atoms in total. The average Bonchev–Trinajstić information content (AvgIpc) is 2.95. The Hall–Kier alpha value is -2.58. The molecular formula is C20H24N2O3. The summed E-state index contributed by atoms with van der Waals surface area (Å²) in [6.45, 7) is 11.8. The van der Waals surface area contributed by atoms with Crippen LogP contribution in [0.4, 0.5) is 0 Å². The Labute approximate surface area is 148 Å². The van der Waals surface area contributed by atoms with Gasteiger partial charge in [-0.15, -0.1) is 0 Å². The lowest BCUT2D eigenvalue weighted by Gasteiger charge is -2.19. The average molecular weight is 340 g/mol. The van der Waals surface area contributed by atoms with Gasteiger partial charge in [-0.1, -0.05) is 24.3 Å². The molecule has 0 saturated carbocycles. The van der Waals surface area contributed by atoms with Crippen LogP contribution in [-0.2, 0) is 28.8 Å². The zero-order chi connectivity index (χ0) is 18.3. The monoisotopic (exact) mass is 340 g/mol. The first-order valence-corrected chi connectivity index (χ1v) is 8.31. The SMILES string of the molecule is [C-]#[N+]CC(C)(C)OCCc1ccc(Cc2ccc(CC(=O)O)[nH]2)cc1. The summed E-state index contributed by atoms with van der Waals surface area (Å²) in [6.07, 6.45) is 1.57. The Balaban J connectivity index is 1.84. The maximum Gasteiger partial charge on any atom is 0.309 e. The molecule has 0 aliphatic rings. The lowest BCUT2D eigenvalue weighted by atomic mass is 10.1. The van der Waals surface area contributed by atoms with Crippen LogP contribution in [0.1, 0.15) is 36.4 Å². The Morgan fingerprint density at radius 3 is 2.44 bits per heavy atom. The predicted molar refractivity (Wildman–Crippen MR) is 96.6 cm³/mol. The summed E-state index contributed by atoms with van der Waals surface area (Å²) in [7, 11) is 0. The number of rotatable bonds is 9. The summed E-state index contributed by atoms with van der Waals surface area (Å²) < 4.78 is 5.77. The molecule has 2 N–H and O–H groups in total. The molecule has 0 saturated heterocycles. The molecule has 0 aliphatic heterocycles. The van der Waals surface area contributed by atoms with Crippen LogP contribution < -0.4 is 0 Å².